The van der Waals surface area contributed by atoms with Crippen molar-refractivity contribution in [2.45, 2.75) is 25.9 Å². The van der Waals surface area contributed by atoms with E-state index < -0.39 is 0 Å². The SMILES string of the molecule is Cc1ccc(CNC(=O)c2ccccc2NC(=O)CC2COCCN2)cc1. The van der Waals surface area contributed by atoms with Crippen molar-refractivity contribution in [1.29, 1.82) is 0 Å². The molecule has 0 bridgehead atoms. The van der Waals surface area contributed by atoms with Crippen molar-refractivity contribution >= 4 is 17.5 Å². The molecule has 0 spiro atoms. The monoisotopic (exact) mass is 367 g/mol. The molecule has 1 saturated heterocycles. The summed E-state index contributed by atoms with van der Waals surface area (Å²) in [5.41, 5.74) is 3.17. The molecule has 3 rings (SSSR count). The van der Waals surface area contributed by atoms with E-state index in [0.717, 1.165) is 12.1 Å². The first-order valence-corrected chi connectivity index (χ1v) is 9.15. The lowest BCUT2D eigenvalue weighted by Gasteiger charge is -2.23. The van der Waals surface area contributed by atoms with E-state index in [1.165, 1.54) is 5.56 Å². The zero-order chi connectivity index (χ0) is 19.1. The van der Waals surface area contributed by atoms with Gasteiger partial charge in [-0.1, -0.05) is 42.0 Å². The lowest BCUT2D eigenvalue weighted by Crippen LogP contribution is -2.43. The molecule has 1 fully saturated rings. The summed E-state index contributed by atoms with van der Waals surface area (Å²) in [4.78, 5) is 24.9. The molecular weight excluding hydrogens is 342 g/mol. The smallest absolute Gasteiger partial charge is 0.253 e. The summed E-state index contributed by atoms with van der Waals surface area (Å²) >= 11 is 0. The number of para-hydroxylation sites is 1. The van der Waals surface area contributed by atoms with Gasteiger partial charge in [0.2, 0.25) is 5.91 Å². The van der Waals surface area contributed by atoms with Crippen molar-refractivity contribution in [2.75, 3.05) is 25.1 Å². The molecule has 0 aliphatic carbocycles. The number of benzene rings is 2. The summed E-state index contributed by atoms with van der Waals surface area (Å²) in [5.74, 6) is -0.359. The highest BCUT2D eigenvalue weighted by Crippen LogP contribution is 2.16. The fraction of sp³-hybridized carbons (Fsp3) is 0.333. The van der Waals surface area contributed by atoms with Crippen LogP contribution in [0.1, 0.15) is 27.9 Å². The first-order valence-electron chi connectivity index (χ1n) is 9.15. The van der Waals surface area contributed by atoms with Crippen molar-refractivity contribution in [3.05, 3.63) is 65.2 Å². The summed E-state index contributed by atoms with van der Waals surface area (Å²) in [5, 5.41) is 9.01. The van der Waals surface area contributed by atoms with Gasteiger partial charge in [0.25, 0.3) is 5.91 Å². The zero-order valence-electron chi connectivity index (χ0n) is 15.5. The normalized spacial score (nSPS) is 16.6. The van der Waals surface area contributed by atoms with Crippen LogP contribution in [0.25, 0.3) is 0 Å². The minimum Gasteiger partial charge on any atom is -0.378 e. The zero-order valence-corrected chi connectivity index (χ0v) is 15.5. The summed E-state index contributed by atoms with van der Waals surface area (Å²) in [6, 6.07) is 15.0. The molecule has 0 aromatic heterocycles. The predicted octanol–water partition coefficient (Wildman–Crippen LogP) is 2.24. The first kappa shape index (κ1) is 19.1. The van der Waals surface area contributed by atoms with E-state index in [1.54, 1.807) is 24.3 Å². The number of anilines is 1. The molecule has 0 radical (unpaired) electrons. The number of morpholine rings is 1. The molecule has 1 aliphatic rings. The third kappa shape index (κ3) is 5.64. The number of amides is 2. The Kier molecular flexibility index (Phi) is 6.57. The van der Waals surface area contributed by atoms with Gasteiger partial charge in [0.05, 0.1) is 24.5 Å². The average Bonchev–Trinajstić information content (AvgIpc) is 2.68. The number of hydrogen-bond donors (Lipinski definition) is 3. The van der Waals surface area contributed by atoms with E-state index in [1.807, 2.05) is 31.2 Å². The Balaban J connectivity index is 1.59. The van der Waals surface area contributed by atoms with Gasteiger partial charge in [-0.3, -0.25) is 9.59 Å². The number of rotatable bonds is 6. The Morgan fingerprint density at radius 2 is 1.93 bits per heavy atom. The summed E-state index contributed by atoms with van der Waals surface area (Å²) in [6.45, 7) is 4.39. The number of aryl methyl sites for hydroxylation is 1. The molecule has 6 heteroatoms. The number of carbonyl (C=O) groups is 2. The van der Waals surface area contributed by atoms with Crippen LogP contribution in [0.5, 0.6) is 0 Å². The summed E-state index contributed by atoms with van der Waals surface area (Å²) in [6.07, 6.45) is 0.305. The van der Waals surface area contributed by atoms with E-state index in [4.69, 9.17) is 4.74 Å². The van der Waals surface area contributed by atoms with Gasteiger partial charge < -0.3 is 20.7 Å². The second-order valence-corrected chi connectivity index (χ2v) is 6.69. The highest BCUT2D eigenvalue weighted by Gasteiger charge is 2.18. The van der Waals surface area contributed by atoms with Gasteiger partial charge in [-0.05, 0) is 24.6 Å². The standard InChI is InChI=1S/C21H25N3O3/c1-15-6-8-16(9-7-15)13-23-21(26)18-4-2-3-5-19(18)24-20(25)12-17-14-27-11-10-22-17/h2-9,17,22H,10-14H2,1H3,(H,23,26)(H,24,25). The molecule has 2 amide bonds. The minimum absolute atomic E-state index is 0.00118. The first-order chi connectivity index (χ1) is 13.1. The topological polar surface area (TPSA) is 79.5 Å². The van der Waals surface area contributed by atoms with Gasteiger partial charge in [-0.25, -0.2) is 0 Å². The van der Waals surface area contributed by atoms with E-state index >= 15 is 0 Å². The Labute approximate surface area is 159 Å². The molecule has 1 atom stereocenters. The van der Waals surface area contributed by atoms with Crippen LogP contribution in [0.15, 0.2) is 48.5 Å². The fourth-order valence-corrected chi connectivity index (χ4v) is 2.95. The maximum absolute atomic E-state index is 12.6. The quantitative estimate of drug-likeness (QED) is 0.732. The fourth-order valence-electron chi connectivity index (χ4n) is 2.95. The molecule has 1 aliphatic heterocycles. The van der Waals surface area contributed by atoms with E-state index in [2.05, 4.69) is 16.0 Å². The third-order valence-electron chi connectivity index (χ3n) is 4.45. The van der Waals surface area contributed by atoms with Crippen LogP contribution in [0.2, 0.25) is 0 Å². The van der Waals surface area contributed by atoms with Crippen LogP contribution in [0, 0.1) is 6.92 Å². The highest BCUT2D eigenvalue weighted by atomic mass is 16.5. The molecular formula is C21H25N3O3. The Hall–Kier alpha value is -2.70. The third-order valence-corrected chi connectivity index (χ3v) is 4.45. The second kappa shape index (κ2) is 9.30. The number of carbonyl (C=O) groups excluding carboxylic acids is 2. The average molecular weight is 367 g/mol. The second-order valence-electron chi connectivity index (χ2n) is 6.69. The van der Waals surface area contributed by atoms with Crippen LogP contribution in [-0.4, -0.2) is 37.6 Å². The molecule has 1 heterocycles. The molecule has 2 aromatic rings. The molecule has 1 unspecified atom stereocenters. The molecule has 6 nitrogen and oxygen atoms in total. The van der Waals surface area contributed by atoms with Gasteiger partial charge in [0.15, 0.2) is 0 Å². The summed E-state index contributed by atoms with van der Waals surface area (Å²) in [7, 11) is 0. The van der Waals surface area contributed by atoms with E-state index in [0.29, 0.717) is 37.4 Å². The van der Waals surface area contributed by atoms with Gasteiger partial charge >= 0.3 is 0 Å². The Morgan fingerprint density at radius 3 is 2.67 bits per heavy atom. The Morgan fingerprint density at radius 1 is 1.15 bits per heavy atom. The van der Waals surface area contributed by atoms with Gasteiger partial charge in [0.1, 0.15) is 0 Å². The van der Waals surface area contributed by atoms with Crippen molar-refractivity contribution < 1.29 is 14.3 Å². The van der Waals surface area contributed by atoms with Crippen molar-refractivity contribution in [1.82, 2.24) is 10.6 Å². The maximum Gasteiger partial charge on any atom is 0.253 e. The number of ether oxygens (including phenoxy) is 1. The largest absolute Gasteiger partial charge is 0.378 e. The number of hydrogen-bond acceptors (Lipinski definition) is 4. The van der Waals surface area contributed by atoms with Crippen molar-refractivity contribution in [2.24, 2.45) is 0 Å². The predicted molar refractivity (Wildman–Crippen MR) is 105 cm³/mol. The lowest BCUT2D eigenvalue weighted by molar-refractivity contribution is -0.117. The van der Waals surface area contributed by atoms with Crippen molar-refractivity contribution in [3.8, 4) is 0 Å². The summed E-state index contributed by atoms with van der Waals surface area (Å²) < 4.78 is 5.37. The molecule has 2 aromatic carbocycles. The maximum atomic E-state index is 12.6. The Bertz CT molecular complexity index is 784. The molecule has 27 heavy (non-hydrogen) atoms. The lowest BCUT2D eigenvalue weighted by atomic mass is 10.1. The van der Waals surface area contributed by atoms with Crippen LogP contribution in [0.3, 0.4) is 0 Å². The van der Waals surface area contributed by atoms with Gasteiger partial charge in [0, 0.05) is 25.6 Å². The van der Waals surface area contributed by atoms with Gasteiger partial charge in [-0.2, -0.15) is 0 Å². The van der Waals surface area contributed by atoms with Crippen molar-refractivity contribution in [3.63, 3.8) is 0 Å². The molecule has 0 saturated carbocycles. The molecule has 142 valence electrons. The highest BCUT2D eigenvalue weighted by molar-refractivity contribution is 6.03. The number of nitrogens with one attached hydrogen (secondary N) is 3. The van der Waals surface area contributed by atoms with Crippen LogP contribution >= 0.6 is 0 Å². The molecule has 3 N–H and O–H groups in total. The van der Waals surface area contributed by atoms with E-state index in [9.17, 15) is 9.59 Å². The van der Waals surface area contributed by atoms with Crippen LogP contribution < -0.4 is 16.0 Å². The van der Waals surface area contributed by atoms with Crippen LogP contribution in [-0.2, 0) is 16.1 Å². The van der Waals surface area contributed by atoms with Gasteiger partial charge in [-0.15, -0.1) is 0 Å². The van der Waals surface area contributed by atoms with E-state index in [-0.39, 0.29) is 17.9 Å². The van der Waals surface area contributed by atoms with Crippen LogP contribution in [0.4, 0.5) is 5.69 Å². The minimum atomic E-state index is -0.217.